The molecule has 0 aliphatic rings. The number of aromatic amines is 1. The lowest BCUT2D eigenvalue weighted by Gasteiger charge is -2.24. The van der Waals surface area contributed by atoms with Crippen molar-refractivity contribution in [2.24, 2.45) is 0 Å². The summed E-state index contributed by atoms with van der Waals surface area (Å²) in [4.78, 5) is 7.44. The Kier molecular flexibility index (Phi) is 5.65. The van der Waals surface area contributed by atoms with Crippen LogP contribution in [0.15, 0.2) is 67.1 Å². The average molecular weight is 388 g/mol. The molecule has 0 bridgehead atoms. The van der Waals surface area contributed by atoms with Gasteiger partial charge in [0.15, 0.2) is 0 Å². The summed E-state index contributed by atoms with van der Waals surface area (Å²) < 4.78 is 0. The number of hydrogen-bond acceptors (Lipinski definition) is 3. The molecule has 4 rings (SSSR count). The quantitative estimate of drug-likeness (QED) is 0.386. The van der Waals surface area contributed by atoms with E-state index in [1.165, 1.54) is 16.3 Å². The van der Waals surface area contributed by atoms with Gasteiger partial charge >= 0.3 is 0 Å². The number of para-hydroxylation sites is 1. The molecule has 0 radical (unpaired) electrons. The Morgan fingerprint density at radius 1 is 1.14 bits per heavy atom. The molecule has 0 aliphatic carbocycles. The Morgan fingerprint density at radius 3 is 2.90 bits per heavy atom. The van der Waals surface area contributed by atoms with E-state index in [0.717, 1.165) is 42.3 Å². The zero-order valence-corrected chi connectivity index (χ0v) is 17.2. The number of pyridine rings is 1. The zero-order chi connectivity index (χ0) is 20.3. The molecule has 29 heavy (non-hydrogen) atoms. The first-order chi connectivity index (χ1) is 14.0. The van der Waals surface area contributed by atoms with Crippen molar-refractivity contribution in [2.45, 2.75) is 51.3 Å². The van der Waals surface area contributed by atoms with Crippen LogP contribution in [0.1, 0.15) is 44.2 Å². The Labute approximate surface area is 172 Å². The van der Waals surface area contributed by atoms with Gasteiger partial charge in [0, 0.05) is 53.0 Å². The van der Waals surface area contributed by atoms with E-state index in [4.69, 9.17) is 0 Å². The minimum atomic E-state index is -0.828. The van der Waals surface area contributed by atoms with Crippen molar-refractivity contribution < 1.29 is 5.11 Å². The first-order valence-electron chi connectivity index (χ1n) is 10.4. The predicted molar refractivity (Wildman–Crippen MR) is 120 cm³/mol. The summed E-state index contributed by atoms with van der Waals surface area (Å²) in [6, 6.07) is 17.1. The molecule has 4 nitrogen and oxygen atoms in total. The van der Waals surface area contributed by atoms with Crippen molar-refractivity contribution >= 4 is 21.7 Å². The number of hydrogen-bond donors (Lipinski definition) is 3. The zero-order valence-electron chi connectivity index (χ0n) is 17.2. The summed E-state index contributed by atoms with van der Waals surface area (Å²) in [5.74, 6) is 0. The Hall–Kier alpha value is -2.69. The Morgan fingerprint density at radius 2 is 2.00 bits per heavy atom. The van der Waals surface area contributed by atoms with E-state index in [9.17, 15) is 5.11 Å². The molecule has 0 aliphatic heterocycles. The first kappa shape index (κ1) is 19.6. The van der Waals surface area contributed by atoms with Crippen molar-refractivity contribution in [1.29, 1.82) is 0 Å². The highest BCUT2D eigenvalue weighted by molar-refractivity contribution is 5.84. The molecule has 0 amide bonds. The smallest absolute Gasteiger partial charge is 0.0889 e. The van der Waals surface area contributed by atoms with Gasteiger partial charge in [-0.15, -0.1) is 0 Å². The summed E-state index contributed by atoms with van der Waals surface area (Å²) in [5, 5.41) is 18.2. The monoisotopic (exact) mass is 387 g/mol. The molecule has 150 valence electrons. The summed E-state index contributed by atoms with van der Waals surface area (Å²) >= 11 is 0. The van der Waals surface area contributed by atoms with E-state index in [2.05, 4.69) is 52.5 Å². The lowest BCUT2D eigenvalue weighted by atomic mass is 9.89. The number of aromatic nitrogens is 2. The fraction of sp³-hybridized carbons (Fsp3) is 0.320. The van der Waals surface area contributed by atoms with Crippen LogP contribution in [0.2, 0.25) is 0 Å². The Bertz CT molecular complexity index is 1100. The van der Waals surface area contributed by atoms with Crippen LogP contribution in [0.3, 0.4) is 0 Å². The number of benzene rings is 2. The molecular weight excluding hydrogens is 358 g/mol. The van der Waals surface area contributed by atoms with Gasteiger partial charge in [-0.25, -0.2) is 0 Å². The van der Waals surface area contributed by atoms with Gasteiger partial charge in [-0.1, -0.05) is 30.3 Å². The van der Waals surface area contributed by atoms with Gasteiger partial charge in [0.05, 0.1) is 5.60 Å². The highest BCUT2D eigenvalue weighted by atomic mass is 16.3. The Balaban J connectivity index is 1.29. The molecule has 0 spiro atoms. The maximum absolute atomic E-state index is 11.0. The van der Waals surface area contributed by atoms with Crippen molar-refractivity contribution in [3.8, 4) is 0 Å². The van der Waals surface area contributed by atoms with Gasteiger partial charge in [0.2, 0.25) is 0 Å². The highest BCUT2D eigenvalue weighted by Gasteiger charge is 2.25. The van der Waals surface area contributed by atoms with Crippen LogP contribution in [0.25, 0.3) is 21.7 Å². The standard InChI is InChI=1S/C25H29N3O/c1-18(27-15-19-9-10-21-16-26-13-11-20(21)14-19)6-5-12-25(2,29)23-17-28-24-8-4-3-7-22(23)24/h3-4,7-11,13-14,16-18,27-29H,5-6,12,15H2,1-2H3/t18-,25?/m1/s1. The van der Waals surface area contributed by atoms with Crippen LogP contribution in [0.5, 0.6) is 0 Å². The third-order valence-corrected chi connectivity index (χ3v) is 5.83. The van der Waals surface area contributed by atoms with Gasteiger partial charge in [-0.2, -0.15) is 0 Å². The number of H-pyrrole nitrogens is 1. The number of rotatable bonds is 8. The lowest BCUT2D eigenvalue weighted by molar-refractivity contribution is 0.0459. The average Bonchev–Trinajstić information content (AvgIpc) is 3.17. The second-order valence-corrected chi connectivity index (χ2v) is 8.25. The van der Waals surface area contributed by atoms with Crippen LogP contribution < -0.4 is 5.32 Å². The number of aliphatic hydroxyl groups is 1. The van der Waals surface area contributed by atoms with E-state index in [0.29, 0.717) is 6.04 Å². The molecule has 2 aromatic carbocycles. The molecular formula is C25H29N3O. The summed E-state index contributed by atoms with van der Waals surface area (Å²) in [6.07, 6.45) is 8.40. The summed E-state index contributed by atoms with van der Waals surface area (Å²) in [5.41, 5.74) is 2.51. The molecule has 0 fully saturated rings. The largest absolute Gasteiger partial charge is 0.385 e. The predicted octanol–water partition coefficient (Wildman–Crippen LogP) is 5.27. The molecule has 3 N–H and O–H groups in total. The third-order valence-electron chi connectivity index (χ3n) is 5.83. The molecule has 4 heteroatoms. The second kappa shape index (κ2) is 8.36. The van der Waals surface area contributed by atoms with Gasteiger partial charge in [-0.05, 0) is 62.3 Å². The van der Waals surface area contributed by atoms with Crippen molar-refractivity contribution in [3.05, 3.63) is 78.2 Å². The van der Waals surface area contributed by atoms with Crippen LogP contribution in [-0.4, -0.2) is 21.1 Å². The van der Waals surface area contributed by atoms with Crippen molar-refractivity contribution in [1.82, 2.24) is 15.3 Å². The van der Waals surface area contributed by atoms with Gasteiger partial charge in [-0.3, -0.25) is 4.98 Å². The SMILES string of the molecule is C[C@H](CCCC(C)(O)c1c[nH]c2ccccc12)NCc1ccc2cnccc2c1. The topological polar surface area (TPSA) is 60.9 Å². The molecule has 2 aromatic heterocycles. The maximum atomic E-state index is 11.0. The van der Waals surface area contributed by atoms with E-state index in [-0.39, 0.29) is 0 Å². The minimum absolute atomic E-state index is 0.391. The van der Waals surface area contributed by atoms with Crippen molar-refractivity contribution in [3.63, 3.8) is 0 Å². The van der Waals surface area contributed by atoms with Crippen LogP contribution in [-0.2, 0) is 12.1 Å². The van der Waals surface area contributed by atoms with E-state index >= 15 is 0 Å². The number of fused-ring (bicyclic) bond motifs is 2. The molecule has 0 saturated carbocycles. The van der Waals surface area contributed by atoms with E-state index in [1.807, 2.05) is 43.7 Å². The van der Waals surface area contributed by atoms with E-state index < -0.39 is 5.60 Å². The molecule has 4 aromatic rings. The van der Waals surface area contributed by atoms with Gasteiger partial charge < -0.3 is 15.4 Å². The van der Waals surface area contributed by atoms with Crippen LogP contribution in [0.4, 0.5) is 0 Å². The first-order valence-corrected chi connectivity index (χ1v) is 10.4. The second-order valence-electron chi connectivity index (χ2n) is 8.25. The molecule has 0 saturated heterocycles. The maximum Gasteiger partial charge on any atom is 0.0889 e. The third kappa shape index (κ3) is 4.50. The molecule has 2 atom stereocenters. The molecule has 2 heterocycles. The minimum Gasteiger partial charge on any atom is -0.385 e. The van der Waals surface area contributed by atoms with Crippen molar-refractivity contribution in [2.75, 3.05) is 0 Å². The summed E-state index contributed by atoms with van der Waals surface area (Å²) in [6.45, 7) is 4.98. The number of nitrogens with one attached hydrogen (secondary N) is 2. The fourth-order valence-corrected chi connectivity index (χ4v) is 4.04. The summed E-state index contributed by atoms with van der Waals surface area (Å²) in [7, 11) is 0. The normalized spacial score (nSPS) is 14.9. The highest BCUT2D eigenvalue weighted by Crippen LogP contribution is 2.32. The fourth-order valence-electron chi connectivity index (χ4n) is 4.04. The lowest BCUT2D eigenvalue weighted by Crippen LogP contribution is -2.27. The van der Waals surface area contributed by atoms with E-state index in [1.54, 1.807) is 0 Å². The van der Waals surface area contributed by atoms with Crippen LogP contribution in [0, 0.1) is 0 Å². The van der Waals surface area contributed by atoms with Crippen LogP contribution >= 0.6 is 0 Å². The van der Waals surface area contributed by atoms with Gasteiger partial charge in [0.25, 0.3) is 0 Å². The number of nitrogens with zero attached hydrogens (tertiary/aromatic N) is 1. The molecule has 1 unspecified atom stereocenters. The van der Waals surface area contributed by atoms with Gasteiger partial charge in [0.1, 0.15) is 0 Å².